The molecule has 1 aromatic rings. The summed E-state index contributed by atoms with van der Waals surface area (Å²) in [5, 5.41) is 3.88. The van der Waals surface area contributed by atoms with Crippen LogP contribution in [0.1, 0.15) is 79.9 Å². The number of carbonyl (C=O) groups is 1. The first-order chi connectivity index (χ1) is 13.6. The lowest BCUT2D eigenvalue weighted by Crippen LogP contribution is -2.47. The molecule has 6 nitrogen and oxygen atoms in total. The molecule has 1 aliphatic heterocycles. The molecule has 1 saturated carbocycles. The Morgan fingerprint density at radius 1 is 1.11 bits per heavy atom. The van der Waals surface area contributed by atoms with Gasteiger partial charge in [-0.25, -0.2) is 4.98 Å². The summed E-state index contributed by atoms with van der Waals surface area (Å²) >= 11 is 0. The fraction of sp³-hybridized carbons (Fsp3) is 0.682. The van der Waals surface area contributed by atoms with Crippen LogP contribution in [0.4, 0.5) is 5.82 Å². The van der Waals surface area contributed by atoms with Gasteiger partial charge in [-0.3, -0.25) is 4.79 Å². The maximum absolute atomic E-state index is 12.7. The van der Waals surface area contributed by atoms with Gasteiger partial charge in [-0.2, -0.15) is 4.99 Å². The lowest BCUT2D eigenvalue weighted by Gasteiger charge is -2.36. The van der Waals surface area contributed by atoms with E-state index in [0.717, 1.165) is 56.7 Å². The Labute approximate surface area is 168 Å². The molecule has 3 N–H and O–H groups in total. The second-order valence-corrected chi connectivity index (χ2v) is 8.64. The Hall–Kier alpha value is -1.95. The smallest absolute Gasteiger partial charge is 0.282 e. The van der Waals surface area contributed by atoms with Crippen molar-refractivity contribution in [3.8, 4) is 0 Å². The Morgan fingerprint density at radius 3 is 2.54 bits per heavy atom. The van der Waals surface area contributed by atoms with Gasteiger partial charge in [0.25, 0.3) is 5.91 Å². The maximum atomic E-state index is 12.7. The lowest BCUT2D eigenvalue weighted by molar-refractivity contribution is 0.100. The van der Waals surface area contributed by atoms with Gasteiger partial charge in [0.2, 0.25) is 0 Å². The van der Waals surface area contributed by atoms with Crippen molar-refractivity contribution in [2.24, 2.45) is 10.7 Å². The van der Waals surface area contributed by atoms with Gasteiger partial charge in [-0.1, -0.05) is 19.3 Å². The molecule has 0 atom stereocenters. The van der Waals surface area contributed by atoms with Crippen LogP contribution in [-0.2, 0) is 12.8 Å². The molecule has 1 amide bonds. The van der Waals surface area contributed by atoms with E-state index in [9.17, 15) is 4.79 Å². The van der Waals surface area contributed by atoms with Crippen molar-refractivity contribution in [2.45, 2.75) is 83.2 Å². The molecule has 2 aliphatic carbocycles. The van der Waals surface area contributed by atoms with E-state index in [4.69, 9.17) is 10.7 Å². The van der Waals surface area contributed by atoms with Gasteiger partial charge < -0.3 is 16.0 Å². The van der Waals surface area contributed by atoms with Crippen molar-refractivity contribution in [3.05, 3.63) is 22.9 Å². The number of hydrogen-bond donors (Lipinski definition) is 2. The molecule has 3 aliphatic rings. The monoisotopic (exact) mass is 383 g/mol. The molecule has 0 bridgehead atoms. The summed E-state index contributed by atoms with van der Waals surface area (Å²) in [5.41, 5.74) is 8.64. The number of nitrogens with zero attached hydrogens (tertiary/aromatic N) is 3. The highest BCUT2D eigenvalue weighted by Crippen LogP contribution is 2.30. The Kier molecular flexibility index (Phi) is 5.95. The van der Waals surface area contributed by atoms with Crippen molar-refractivity contribution >= 4 is 17.6 Å². The number of anilines is 1. The van der Waals surface area contributed by atoms with Gasteiger partial charge in [-0.05, 0) is 63.5 Å². The van der Waals surface area contributed by atoms with Gasteiger partial charge in [-0.15, -0.1) is 0 Å². The van der Waals surface area contributed by atoms with Gasteiger partial charge >= 0.3 is 0 Å². The molecule has 0 unspecified atom stereocenters. The summed E-state index contributed by atoms with van der Waals surface area (Å²) in [5.74, 6) is 0.846. The summed E-state index contributed by atoms with van der Waals surface area (Å²) in [4.78, 5) is 23.9. The van der Waals surface area contributed by atoms with E-state index in [-0.39, 0.29) is 5.91 Å². The number of piperidine rings is 1. The number of pyridine rings is 1. The summed E-state index contributed by atoms with van der Waals surface area (Å²) in [6, 6.07) is 3.30. The molecule has 1 aromatic heterocycles. The molecule has 0 aromatic carbocycles. The minimum atomic E-state index is -0.264. The molecule has 1 saturated heterocycles. The summed E-state index contributed by atoms with van der Waals surface area (Å²) in [7, 11) is 0. The third-order valence-corrected chi connectivity index (χ3v) is 6.41. The molecule has 2 heterocycles. The molecular weight excluding hydrogens is 350 g/mol. The summed E-state index contributed by atoms with van der Waals surface area (Å²) in [6.45, 7) is 3.52. The summed E-state index contributed by atoms with van der Waals surface area (Å²) in [6.07, 6.45) is 12.1. The van der Waals surface area contributed by atoms with Crippen LogP contribution in [0.15, 0.2) is 11.1 Å². The normalized spacial score (nSPS) is 21.8. The van der Waals surface area contributed by atoms with Crippen LogP contribution in [0.25, 0.3) is 0 Å². The zero-order valence-electron chi connectivity index (χ0n) is 17.0. The number of amidine groups is 1. The van der Waals surface area contributed by atoms with E-state index in [1.165, 1.54) is 37.7 Å². The van der Waals surface area contributed by atoms with Crippen molar-refractivity contribution in [3.63, 3.8) is 0 Å². The number of aromatic nitrogens is 1. The average molecular weight is 384 g/mol. The van der Waals surface area contributed by atoms with Gasteiger partial charge in [0.15, 0.2) is 0 Å². The minimum Gasteiger partial charge on any atom is -0.387 e. The standard InChI is InChI=1S/C22H33N5O/c1-15(23)24-22(28)19-14-16-6-5-9-20(16)26-21(19)27-12-10-18(11-13-27)25-17-7-3-2-4-8-17/h14,17-18,25H,2-13H2,1H3,(H2,23,24,28). The first kappa shape index (κ1) is 19.4. The SMILES string of the molecule is CC(N)=NC(=O)c1cc2c(nc1N1CCC(NC3CCCCC3)CC1)CCC2. The van der Waals surface area contributed by atoms with E-state index >= 15 is 0 Å². The van der Waals surface area contributed by atoms with Crippen LogP contribution >= 0.6 is 0 Å². The largest absolute Gasteiger partial charge is 0.387 e. The third kappa shape index (κ3) is 4.37. The molecular formula is C22H33N5O. The number of nitrogens with two attached hydrogens (primary N) is 1. The highest BCUT2D eigenvalue weighted by Gasteiger charge is 2.28. The van der Waals surface area contributed by atoms with Crippen LogP contribution < -0.4 is 16.0 Å². The van der Waals surface area contributed by atoms with Crippen LogP contribution in [0.5, 0.6) is 0 Å². The number of fused-ring (bicyclic) bond motifs is 1. The first-order valence-corrected chi connectivity index (χ1v) is 11.0. The molecule has 2 fully saturated rings. The molecule has 28 heavy (non-hydrogen) atoms. The number of aliphatic imine (C=N–C) groups is 1. The first-order valence-electron chi connectivity index (χ1n) is 11.0. The van der Waals surface area contributed by atoms with E-state index in [2.05, 4.69) is 15.2 Å². The van der Waals surface area contributed by atoms with E-state index in [1.807, 2.05) is 6.07 Å². The second kappa shape index (κ2) is 8.60. The van der Waals surface area contributed by atoms with Crippen LogP contribution in [0.2, 0.25) is 0 Å². The molecule has 0 spiro atoms. The molecule has 4 rings (SSSR count). The molecule has 6 heteroatoms. The van der Waals surface area contributed by atoms with E-state index < -0.39 is 0 Å². The number of carbonyl (C=O) groups excluding carboxylic acids is 1. The van der Waals surface area contributed by atoms with Crippen LogP contribution in [-0.4, -0.2) is 41.9 Å². The second-order valence-electron chi connectivity index (χ2n) is 8.64. The quantitative estimate of drug-likeness (QED) is 0.617. The molecule has 152 valence electrons. The lowest BCUT2D eigenvalue weighted by atomic mass is 9.93. The Balaban J connectivity index is 1.48. The fourth-order valence-corrected chi connectivity index (χ4v) is 4.94. The van der Waals surface area contributed by atoms with Gasteiger partial charge in [0.1, 0.15) is 11.7 Å². The van der Waals surface area contributed by atoms with Crippen molar-refractivity contribution in [2.75, 3.05) is 18.0 Å². The molecule has 0 radical (unpaired) electrons. The van der Waals surface area contributed by atoms with Gasteiger partial charge in [0, 0.05) is 30.9 Å². The van der Waals surface area contributed by atoms with E-state index in [0.29, 0.717) is 23.5 Å². The fourth-order valence-electron chi connectivity index (χ4n) is 4.94. The maximum Gasteiger partial charge on any atom is 0.282 e. The zero-order chi connectivity index (χ0) is 19.5. The number of rotatable bonds is 4. The van der Waals surface area contributed by atoms with Gasteiger partial charge in [0.05, 0.1) is 5.56 Å². The highest BCUT2D eigenvalue weighted by atomic mass is 16.1. The van der Waals surface area contributed by atoms with Crippen molar-refractivity contribution < 1.29 is 4.79 Å². The number of hydrogen-bond acceptors (Lipinski definition) is 4. The van der Waals surface area contributed by atoms with E-state index in [1.54, 1.807) is 6.92 Å². The Bertz CT molecular complexity index is 742. The minimum absolute atomic E-state index is 0.264. The predicted molar refractivity (Wildman–Crippen MR) is 113 cm³/mol. The Morgan fingerprint density at radius 2 is 1.82 bits per heavy atom. The topological polar surface area (TPSA) is 83.6 Å². The zero-order valence-corrected chi connectivity index (χ0v) is 17.0. The highest BCUT2D eigenvalue weighted by molar-refractivity contribution is 6.05. The summed E-state index contributed by atoms with van der Waals surface area (Å²) < 4.78 is 0. The van der Waals surface area contributed by atoms with Crippen LogP contribution in [0.3, 0.4) is 0 Å². The number of aryl methyl sites for hydroxylation is 2. The number of amides is 1. The third-order valence-electron chi connectivity index (χ3n) is 6.41. The van der Waals surface area contributed by atoms with Crippen molar-refractivity contribution in [1.29, 1.82) is 0 Å². The predicted octanol–water partition coefficient (Wildman–Crippen LogP) is 2.98. The average Bonchev–Trinajstić information content (AvgIpc) is 3.15. The number of nitrogens with one attached hydrogen (secondary N) is 1. The van der Waals surface area contributed by atoms with Crippen LogP contribution in [0, 0.1) is 0 Å². The van der Waals surface area contributed by atoms with Crippen molar-refractivity contribution in [1.82, 2.24) is 10.3 Å².